The van der Waals surface area contributed by atoms with E-state index in [-0.39, 0.29) is 5.82 Å². The Labute approximate surface area is 90.9 Å². The highest BCUT2D eigenvalue weighted by atomic mass is 19.1. The van der Waals surface area contributed by atoms with Crippen molar-refractivity contribution in [3.63, 3.8) is 0 Å². The van der Waals surface area contributed by atoms with E-state index in [9.17, 15) is 4.39 Å². The van der Waals surface area contributed by atoms with E-state index >= 15 is 0 Å². The number of hydrogen-bond donors (Lipinski definition) is 1. The normalized spacial score (nSPS) is 12.6. The van der Waals surface area contributed by atoms with Gasteiger partial charge < -0.3 is 10.6 Å². The quantitative estimate of drug-likeness (QED) is 0.827. The highest BCUT2D eigenvalue weighted by Gasteiger charge is 2.15. The molecular weight excluding hydrogens is 191 g/mol. The molecule has 3 heteroatoms. The minimum atomic E-state index is -0.194. The molecule has 15 heavy (non-hydrogen) atoms. The maximum absolute atomic E-state index is 13.7. The van der Waals surface area contributed by atoms with Crippen molar-refractivity contribution in [3.8, 4) is 0 Å². The van der Waals surface area contributed by atoms with E-state index in [0.29, 0.717) is 18.3 Å². The second kappa shape index (κ2) is 5.12. The molecule has 0 heterocycles. The van der Waals surface area contributed by atoms with Gasteiger partial charge in [0.15, 0.2) is 0 Å². The minimum absolute atomic E-state index is 0.194. The van der Waals surface area contributed by atoms with Crippen molar-refractivity contribution >= 4 is 5.69 Å². The van der Waals surface area contributed by atoms with Crippen LogP contribution in [0.25, 0.3) is 0 Å². The zero-order valence-corrected chi connectivity index (χ0v) is 9.63. The number of rotatable bonds is 4. The molecule has 0 saturated carbocycles. The zero-order chi connectivity index (χ0) is 11.4. The largest absolute Gasteiger partial charge is 0.369 e. The van der Waals surface area contributed by atoms with Gasteiger partial charge in [-0.1, -0.05) is 19.1 Å². The molecule has 84 valence electrons. The van der Waals surface area contributed by atoms with Gasteiger partial charge >= 0.3 is 0 Å². The fraction of sp³-hybridized carbons (Fsp3) is 0.500. The number of para-hydroxylation sites is 1. The second-order valence-electron chi connectivity index (χ2n) is 3.82. The van der Waals surface area contributed by atoms with Crippen LogP contribution in [-0.4, -0.2) is 13.1 Å². The fourth-order valence-corrected chi connectivity index (χ4v) is 1.61. The molecule has 1 rings (SSSR count). The van der Waals surface area contributed by atoms with Gasteiger partial charge in [-0.3, -0.25) is 0 Å². The molecule has 2 N–H and O–H groups in total. The number of halogens is 1. The summed E-state index contributed by atoms with van der Waals surface area (Å²) in [5.41, 5.74) is 7.10. The molecule has 0 amide bonds. The topological polar surface area (TPSA) is 29.3 Å². The molecule has 0 spiro atoms. The standard InChI is InChI=1S/C12H19FN2/c1-4-9(2)15(3)12-10(8-14)6-5-7-11(12)13/h5-7,9H,4,8,14H2,1-3H3. The second-order valence-corrected chi connectivity index (χ2v) is 3.82. The predicted octanol–water partition coefficient (Wildman–Crippen LogP) is 2.52. The van der Waals surface area contributed by atoms with Crippen molar-refractivity contribution in [1.82, 2.24) is 0 Å². The van der Waals surface area contributed by atoms with Crippen molar-refractivity contribution in [3.05, 3.63) is 29.6 Å². The van der Waals surface area contributed by atoms with E-state index in [4.69, 9.17) is 5.73 Å². The molecule has 2 nitrogen and oxygen atoms in total. The van der Waals surface area contributed by atoms with Crippen LogP contribution in [0.2, 0.25) is 0 Å². The van der Waals surface area contributed by atoms with Crippen LogP contribution in [-0.2, 0) is 6.54 Å². The van der Waals surface area contributed by atoms with Crippen molar-refractivity contribution in [2.45, 2.75) is 32.9 Å². The summed E-state index contributed by atoms with van der Waals surface area (Å²) in [6.07, 6.45) is 0.981. The van der Waals surface area contributed by atoms with E-state index in [0.717, 1.165) is 12.0 Å². The van der Waals surface area contributed by atoms with E-state index in [1.807, 2.05) is 18.0 Å². The van der Waals surface area contributed by atoms with E-state index in [2.05, 4.69) is 13.8 Å². The van der Waals surface area contributed by atoms with Crippen LogP contribution >= 0.6 is 0 Å². The third kappa shape index (κ3) is 2.48. The van der Waals surface area contributed by atoms with Gasteiger partial charge in [0.1, 0.15) is 5.82 Å². The Morgan fingerprint density at radius 2 is 2.13 bits per heavy atom. The van der Waals surface area contributed by atoms with Gasteiger partial charge in [-0.2, -0.15) is 0 Å². The molecule has 1 atom stereocenters. The Balaban J connectivity index is 3.10. The Hall–Kier alpha value is -1.09. The van der Waals surface area contributed by atoms with Crippen LogP contribution < -0.4 is 10.6 Å². The summed E-state index contributed by atoms with van der Waals surface area (Å²) in [5, 5.41) is 0. The Morgan fingerprint density at radius 3 is 2.67 bits per heavy atom. The number of anilines is 1. The summed E-state index contributed by atoms with van der Waals surface area (Å²) in [6, 6.07) is 5.36. The van der Waals surface area contributed by atoms with Crippen molar-refractivity contribution in [1.29, 1.82) is 0 Å². The summed E-state index contributed by atoms with van der Waals surface area (Å²) in [4.78, 5) is 1.96. The van der Waals surface area contributed by atoms with E-state index < -0.39 is 0 Å². The minimum Gasteiger partial charge on any atom is -0.369 e. The fourth-order valence-electron chi connectivity index (χ4n) is 1.61. The molecule has 0 aromatic heterocycles. The highest BCUT2D eigenvalue weighted by Crippen LogP contribution is 2.25. The van der Waals surface area contributed by atoms with Crippen molar-refractivity contribution in [2.75, 3.05) is 11.9 Å². The van der Waals surface area contributed by atoms with Gasteiger partial charge in [0.25, 0.3) is 0 Å². The first-order valence-corrected chi connectivity index (χ1v) is 5.32. The molecule has 0 saturated heterocycles. The molecule has 1 aromatic rings. The maximum Gasteiger partial charge on any atom is 0.146 e. The summed E-state index contributed by atoms with van der Waals surface area (Å²) in [7, 11) is 1.91. The van der Waals surface area contributed by atoms with Gasteiger partial charge in [0, 0.05) is 19.6 Å². The molecule has 0 aliphatic rings. The van der Waals surface area contributed by atoms with Crippen LogP contribution in [0.15, 0.2) is 18.2 Å². The monoisotopic (exact) mass is 210 g/mol. The lowest BCUT2D eigenvalue weighted by Gasteiger charge is -2.28. The lowest BCUT2D eigenvalue weighted by Crippen LogP contribution is -2.30. The first-order chi connectivity index (χ1) is 7.11. The smallest absolute Gasteiger partial charge is 0.146 e. The molecule has 0 bridgehead atoms. The number of nitrogens with zero attached hydrogens (tertiary/aromatic N) is 1. The van der Waals surface area contributed by atoms with E-state index in [1.54, 1.807) is 6.07 Å². The van der Waals surface area contributed by atoms with Gasteiger partial charge in [-0.05, 0) is 25.0 Å². The lowest BCUT2D eigenvalue weighted by molar-refractivity contribution is 0.596. The third-order valence-electron chi connectivity index (χ3n) is 2.89. The molecule has 0 aliphatic carbocycles. The van der Waals surface area contributed by atoms with Gasteiger partial charge in [0.2, 0.25) is 0 Å². The van der Waals surface area contributed by atoms with Gasteiger partial charge in [-0.15, -0.1) is 0 Å². The van der Waals surface area contributed by atoms with Crippen LogP contribution in [0.5, 0.6) is 0 Å². The molecule has 0 aliphatic heterocycles. The van der Waals surface area contributed by atoms with Crippen molar-refractivity contribution < 1.29 is 4.39 Å². The number of hydrogen-bond acceptors (Lipinski definition) is 2. The molecule has 0 fully saturated rings. The summed E-state index contributed by atoms with van der Waals surface area (Å²) >= 11 is 0. The Morgan fingerprint density at radius 1 is 1.47 bits per heavy atom. The van der Waals surface area contributed by atoms with Gasteiger partial charge in [-0.25, -0.2) is 4.39 Å². The van der Waals surface area contributed by atoms with Gasteiger partial charge in [0.05, 0.1) is 5.69 Å². The summed E-state index contributed by atoms with van der Waals surface area (Å²) in [5.74, 6) is -0.194. The maximum atomic E-state index is 13.7. The molecule has 1 unspecified atom stereocenters. The third-order valence-corrected chi connectivity index (χ3v) is 2.89. The van der Waals surface area contributed by atoms with Crippen LogP contribution in [0, 0.1) is 5.82 Å². The summed E-state index contributed by atoms with van der Waals surface area (Å²) in [6.45, 7) is 4.53. The van der Waals surface area contributed by atoms with Crippen LogP contribution in [0.3, 0.4) is 0 Å². The van der Waals surface area contributed by atoms with E-state index in [1.165, 1.54) is 6.07 Å². The first kappa shape index (κ1) is 12.0. The molecular formula is C12H19FN2. The highest BCUT2D eigenvalue weighted by molar-refractivity contribution is 5.54. The van der Waals surface area contributed by atoms with Crippen LogP contribution in [0.4, 0.5) is 10.1 Å². The van der Waals surface area contributed by atoms with Crippen molar-refractivity contribution in [2.24, 2.45) is 5.73 Å². The molecule has 0 radical (unpaired) electrons. The molecule has 1 aromatic carbocycles. The van der Waals surface area contributed by atoms with Crippen LogP contribution in [0.1, 0.15) is 25.8 Å². The Bertz CT molecular complexity index is 325. The first-order valence-electron chi connectivity index (χ1n) is 5.32. The average Bonchev–Trinajstić information content (AvgIpc) is 2.26. The lowest BCUT2D eigenvalue weighted by atomic mass is 10.1. The number of nitrogens with two attached hydrogens (primary N) is 1. The number of benzene rings is 1. The Kier molecular flexibility index (Phi) is 4.09. The summed E-state index contributed by atoms with van der Waals surface area (Å²) < 4.78 is 13.7. The SMILES string of the molecule is CCC(C)N(C)c1c(F)cccc1CN. The predicted molar refractivity (Wildman–Crippen MR) is 62.4 cm³/mol. The zero-order valence-electron chi connectivity index (χ0n) is 9.63. The average molecular weight is 210 g/mol.